The number of rotatable bonds is 7. The van der Waals surface area contributed by atoms with Crippen LogP contribution in [0.1, 0.15) is 5.76 Å². The molecular formula is C21H19NO7S. The standard InChI is InChI=1S/C21H19NO7S/c1-27-18-8-3-5-14-11-16(29-21(14)18)9-10-20(24)28-13-19(23)22-15-6-4-7-17(12-15)30(2,25)26/h3-12H,13H2,1-2H3,(H,22,23)/b10-9+. The second kappa shape index (κ2) is 8.83. The summed E-state index contributed by atoms with van der Waals surface area (Å²) in [6.07, 6.45) is 3.64. The van der Waals surface area contributed by atoms with Crippen LogP contribution in [-0.4, -0.2) is 40.3 Å². The van der Waals surface area contributed by atoms with E-state index in [0.29, 0.717) is 17.1 Å². The molecular weight excluding hydrogens is 410 g/mol. The summed E-state index contributed by atoms with van der Waals surface area (Å²) in [4.78, 5) is 23.9. The van der Waals surface area contributed by atoms with E-state index in [2.05, 4.69) is 5.32 Å². The Morgan fingerprint density at radius 2 is 1.90 bits per heavy atom. The first-order chi connectivity index (χ1) is 14.3. The topological polar surface area (TPSA) is 112 Å². The van der Waals surface area contributed by atoms with Gasteiger partial charge in [0.25, 0.3) is 5.91 Å². The van der Waals surface area contributed by atoms with E-state index in [-0.39, 0.29) is 10.6 Å². The number of anilines is 1. The van der Waals surface area contributed by atoms with Crippen molar-refractivity contribution in [2.75, 3.05) is 25.3 Å². The highest BCUT2D eigenvalue weighted by Gasteiger charge is 2.11. The van der Waals surface area contributed by atoms with Gasteiger partial charge in [-0.05, 0) is 36.4 Å². The lowest BCUT2D eigenvalue weighted by atomic mass is 10.2. The van der Waals surface area contributed by atoms with Crippen LogP contribution in [0.25, 0.3) is 17.0 Å². The zero-order valence-corrected chi connectivity index (χ0v) is 17.1. The fraction of sp³-hybridized carbons (Fsp3) is 0.143. The Hall–Kier alpha value is -3.59. The van der Waals surface area contributed by atoms with Crippen LogP contribution in [0.3, 0.4) is 0 Å². The molecule has 0 bridgehead atoms. The molecule has 156 valence electrons. The van der Waals surface area contributed by atoms with E-state index in [4.69, 9.17) is 13.9 Å². The fourth-order valence-corrected chi connectivity index (χ4v) is 3.30. The summed E-state index contributed by atoms with van der Waals surface area (Å²) >= 11 is 0. The lowest BCUT2D eigenvalue weighted by Crippen LogP contribution is -2.20. The molecule has 0 fully saturated rings. The van der Waals surface area contributed by atoms with Gasteiger partial charge in [-0.25, -0.2) is 13.2 Å². The number of amides is 1. The number of carbonyl (C=O) groups excluding carboxylic acids is 2. The number of methoxy groups -OCH3 is 1. The Morgan fingerprint density at radius 1 is 1.13 bits per heavy atom. The highest BCUT2D eigenvalue weighted by atomic mass is 32.2. The average Bonchev–Trinajstić information content (AvgIpc) is 3.13. The van der Waals surface area contributed by atoms with Gasteiger partial charge < -0.3 is 19.2 Å². The number of nitrogens with one attached hydrogen (secondary N) is 1. The van der Waals surface area contributed by atoms with E-state index in [9.17, 15) is 18.0 Å². The number of sulfone groups is 1. The SMILES string of the molecule is COc1cccc2cc(/C=C/C(=O)OCC(=O)Nc3cccc(S(C)(=O)=O)c3)oc12. The van der Waals surface area contributed by atoms with E-state index < -0.39 is 28.3 Å². The molecule has 30 heavy (non-hydrogen) atoms. The number of carbonyl (C=O) groups is 2. The number of benzene rings is 2. The van der Waals surface area contributed by atoms with E-state index >= 15 is 0 Å². The van der Waals surface area contributed by atoms with Crippen LogP contribution in [0, 0.1) is 0 Å². The molecule has 0 saturated carbocycles. The van der Waals surface area contributed by atoms with E-state index in [1.807, 2.05) is 12.1 Å². The highest BCUT2D eigenvalue weighted by Crippen LogP contribution is 2.28. The summed E-state index contributed by atoms with van der Waals surface area (Å²) in [5.74, 6) is -0.335. The molecule has 1 N–H and O–H groups in total. The minimum Gasteiger partial charge on any atom is -0.493 e. The first-order valence-electron chi connectivity index (χ1n) is 8.77. The van der Waals surface area contributed by atoms with Crippen LogP contribution in [0.15, 0.2) is 63.9 Å². The van der Waals surface area contributed by atoms with Gasteiger partial charge >= 0.3 is 5.97 Å². The Labute approximate surface area is 173 Å². The molecule has 2 aromatic carbocycles. The second-order valence-corrected chi connectivity index (χ2v) is 8.33. The minimum atomic E-state index is -3.40. The molecule has 0 aliphatic rings. The van der Waals surface area contributed by atoms with Gasteiger partial charge in [-0.3, -0.25) is 4.79 Å². The molecule has 0 spiro atoms. The molecule has 1 amide bonds. The Bertz CT molecular complexity index is 1230. The predicted molar refractivity (Wildman–Crippen MR) is 111 cm³/mol. The number of para-hydroxylation sites is 1. The summed E-state index contributed by atoms with van der Waals surface area (Å²) in [6.45, 7) is -0.528. The Balaban J connectivity index is 1.56. The van der Waals surface area contributed by atoms with Gasteiger partial charge in [-0.1, -0.05) is 18.2 Å². The summed E-state index contributed by atoms with van der Waals surface area (Å²) < 4.78 is 38.9. The van der Waals surface area contributed by atoms with Gasteiger partial charge in [0.2, 0.25) is 0 Å². The van der Waals surface area contributed by atoms with Gasteiger partial charge in [0, 0.05) is 23.4 Å². The Kier molecular flexibility index (Phi) is 6.22. The highest BCUT2D eigenvalue weighted by molar-refractivity contribution is 7.90. The summed E-state index contributed by atoms with van der Waals surface area (Å²) in [7, 11) is -1.86. The first-order valence-corrected chi connectivity index (χ1v) is 10.7. The number of fused-ring (bicyclic) bond motifs is 1. The molecule has 3 rings (SSSR count). The normalized spacial score (nSPS) is 11.5. The van der Waals surface area contributed by atoms with Crippen LogP contribution in [0.4, 0.5) is 5.69 Å². The van der Waals surface area contributed by atoms with Crippen LogP contribution in [-0.2, 0) is 24.2 Å². The third kappa shape index (κ3) is 5.26. The number of esters is 1. The van der Waals surface area contributed by atoms with Crippen molar-refractivity contribution >= 4 is 44.4 Å². The quantitative estimate of drug-likeness (QED) is 0.454. The number of furan rings is 1. The summed E-state index contributed by atoms with van der Waals surface area (Å²) in [5.41, 5.74) is 0.842. The lowest BCUT2D eigenvalue weighted by molar-refractivity contribution is -0.142. The summed E-state index contributed by atoms with van der Waals surface area (Å²) in [6, 6.07) is 12.9. The van der Waals surface area contributed by atoms with Crippen molar-refractivity contribution in [3.63, 3.8) is 0 Å². The van der Waals surface area contributed by atoms with Crippen molar-refractivity contribution < 1.29 is 31.9 Å². The largest absolute Gasteiger partial charge is 0.493 e. The van der Waals surface area contributed by atoms with Crippen LogP contribution >= 0.6 is 0 Å². The average molecular weight is 429 g/mol. The molecule has 8 nitrogen and oxygen atoms in total. The maximum Gasteiger partial charge on any atom is 0.331 e. The first kappa shape index (κ1) is 21.1. The predicted octanol–water partition coefficient (Wildman–Crippen LogP) is 3.04. The van der Waals surface area contributed by atoms with Crippen molar-refractivity contribution in [2.24, 2.45) is 0 Å². The van der Waals surface area contributed by atoms with Crippen molar-refractivity contribution in [3.05, 3.63) is 60.4 Å². The van der Waals surface area contributed by atoms with Gasteiger partial charge in [0.05, 0.1) is 12.0 Å². The van der Waals surface area contributed by atoms with Gasteiger partial charge in [0.1, 0.15) is 5.76 Å². The van der Waals surface area contributed by atoms with E-state index in [1.165, 1.54) is 37.5 Å². The van der Waals surface area contributed by atoms with Crippen molar-refractivity contribution in [3.8, 4) is 5.75 Å². The number of hydrogen-bond donors (Lipinski definition) is 1. The molecule has 0 aliphatic carbocycles. The molecule has 1 heterocycles. The number of ether oxygens (including phenoxy) is 2. The van der Waals surface area contributed by atoms with Crippen molar-refractivity contribution in [1.82, 2.24) is 0 Å². The van der Waals surface area contributed by atoms with Crippen molar-refractivity contribution in [1.29, 1.82) is 0 Å². The molecule has 0 radical (unpaired) electrons. The van der Waals surface area contributed by atoms with E-state index in [0.717, 1.165) is 17.7 Å². The molecule has 0 saturated heterocycles. The molecule has 9 heteroatoms. The maximum absolute atomic E-state index is 11.9. The van der Waals surface area contributed by atoms with Gasteiger partial charge in [0.15, 0.2) is 27.8 Å². The zero-order chi connectivity index (χ0) is 21.7. The molecule has 3 aromatic rings. The van der Waals surface area contributed by atoms with Gasteiger partial charge in [-0.15, -0.1) is 0 Å². The van der Waals surface area contributed by atoms with Crippen LogP contribution < -0.4 is 10.1 Å². The van der Waals surface area contributed by atoms with Gasteiger partial charge in [-0.2, -0.15) is 0 Å². The zero-order valence-electron chi connectivity index (χ0n) is 16.2. The third-order valence-corrected chi connectivity index (χ3v) is 5.13. The third-order valence-electron chi connectivity index (χ3n) is 4.02. The van der Waals surface area contributed by atoms with Crippen molar-refractivity contribution in [2.45, 2.75) is 4.90 Å². The number of hydrogen-bond acceptors (Lipinski definition) is 7. The molecule has 0 aliphatic heterocycles. The van der Waals surface area contributed by atoms with E-state index in [1.54, 1.807) is 12.1 Å². The lowest BCUT2D eigenvalue weighted by Gasteiger charge is -2.06. The Morgan fingerprint density at radius 3 is 2.63 bits per heavy atom. The van der Waals surface area contributed by atoms with Crippen LogP contribution in [0.2, 0.25) is 0 Å². The maximum atomic E-state index is 11.9. The monoisotopic (exact) mass is 429 g/mol. The smallest absolute Gasteiger partial charge is 0.331 e. The molecule has 1 aromatic heterocycles. The summed E-state index contributed by atoms with van der Waals surface area (Å²) in [5, 5.41) is 3.29. The minimum absolute atomic E-state index is 0.0719. The molecule has 0 atom stereocenters. The second-order valence-electron chi connectivity index (χ2n) is 6.32. The van der Waals surface area contributed by atoms with Crippen LogP contribution in [0.5, 0.6) is 5.75 Å². The molecule has 0 unspecified atom stereocenters. The fourth-order valence-electron chi connectivity index (χ4n) is 2.64.